The van der Waals surface area contributed by atoms with Crippen molar-refractivity contribution >= 4 is 41.3 Å². The van der Waals surface area contributed by atoms with Crippen LogP contribution in [0.4, 0.5) is 0 Å². The maximum absolute atomic E-state index is 11.8. The first kappa shape index (κ1) is 13.8. The Morgan fingerprint density at radius 3 is 3.00 bits per heavy atom. The van der Waals surface area contributed by atoms with Crippen molar-refractivity contribution in [1.29, 1.82) is 0 Å². The molecule has 0 aliphatic carbocycles. The van der Waals surface area contributed by atoms with Gasteiger partial charge in [0.2, 0.25) is 0 Å². The standard InChI is InChI=1S/C10H13ClN2OS.ClH/c11-8-3-5-15-9(8)10(14)13-7-2-1-4-12-6-7;/h3,5,7,12H,1-2,4,6H2,(H,13,14);1H/t7-;/m0./s1. The predicted molar refractivity (Wildman–Crippen MR) is 69.9 cm³/mol. The summed E-state index contributed by atoms with van der Waals surface area (Å²) in [6.07, 6.45) is 2.16. The van der Waals surface area contributed by atoms with Crippen LogP contribution in [0.1, 0.15) is 22.5 Å². The molecular formula is C10H14Cl2N2OS. The van der Waals surface area contributed by atoms with E-state index in [0.29, 0.717) is 9.90 Å². The zero-order chi connectivity index (χ0) is 10.7. The summed E-state index contributed by atoms with van der Waals surface area (Å²) in [7, 11) is 0. The third-order valence-electron chi connectivity index (χ3n) is 2.46. The van der Waals surface area contributed by atoms with Crippen LogP contribution in [0.5, 0.6) is 0 Å². The van der Waals surface area contributed by atoms with Crippen molar-refractivity contribution in [1.82, 2.24) is 10.6 Å². The van der Waals surface area contributed by atoms with Crippen LogP contribution in [-0.2, 0) is 0 Å². The van der Waals surface area contributed by atoms with Gasteiger partial charge in [0.15, 0.2) is 0 Å². The Hall–Kier alpha value is -0.290. The molecule has 1 fully saturated rings. The van der Waals surface area contributed by atoms with Gasteiger partial charge in [-0.1, -0.05) is 11.6 Å². The fourth-order valence-electron chi connectivity index (χ4n) is 1.68. The molecule has 1 aromatic rings. The van der Waals surface area contributed by atoms with Gasteiger partial charge in [-0.2, -0.15) is 0 Å². The predicted octanol–water partition coefficient (Wildman–Crippen LogP) is 2.31. The van der Waals surface area contributed by atoms with Crippen LogP contribution in [0, 0.1) is 0 Å². The fraction of sp³-hybridized carbons (Fsp3) is 0.500. The minimum atomic E-state index is -0.0521. The Labute approximate surface area is 110 Å². The van der Waals surface area contributed by atoms with E-state index in [2.05, 4.69) is 10.6 Å². The van der Waals surface area contributed by atoms with E-state index >= 15 is 0 Å². The first-order chi connectivity index (χ1) is 7.27. The number of hydrogen-bond donors (Lipinski definition) is 2. The highest BCUT2D eigenvalue weighted by atomic mass is 35.5. The zero-order valence-electron chi connectivity index (χ0n) is 8.66. The zero-order valence-corrected chi connectivity index (χ0v) is 11.1. The Bertz CT molecular complexity index is 350. The fourth-order valence-corrected chi connectivity index (χ4v) is 2.73. The number of halogens is 2. The molecule has 1 aromatic heterocycles. The van der Waals surface area contributed by atoms with Gasteiger partial charge >= 0.3 is 0 Å². The molecule has 0 saturated carbocycles. The summed E-state index contributed by atoms with van der Waals surface area (Å²) >= 11 is 7.27. The number of nitrogens with one attached hydrogen (secondary N) is 2. The van der Waals surface area contributed by atoms with Crippen LogP contribution >= 0.6 is 35.3 Å². The molecule has 0 radical (unpaired) electrons. The molecule has 3 nitrogen and oxygen atoms in total. The van der Waals surface area contributed by atoms with Crippen molar-refractivity contribution in [3.8, 4) is 0 Å². The van der Waals surface area contributed by atoms with Crippen molar-refractivity contribution in [3.63, 3.8) is 0 Å². The number of thiophene rings is 1. The quantitative estimate of drug-likeness (QED) is 0.873. The van der Waals surface area contributed by atoms with Gasteiger partial charge in [-0.25, -0.2) is 0 Å². The number of hydrogen-bond acceptors (Lipinski definition) is 3. The van der Waals surface area contributed by atoms with Crippen LogP contribution in [0.3, 0.4) is 0 Å². The SMILES string of the molecule is Cl.O=C(N[C@H]1CCCNC1)c1sccc1Cl. The molecule has 1 amide bonds. The van der Waals surface area contributed by atoms with E-state index in [1.165, 1.54) is 11.3 Å². The minimum absolute atomic E-state index is 0. The maximum Gasteiger partial charge on any atom is 0.263 e. The second-order valence-electron chi connectivity index (χ2n) is 3.61. The van der Waals surface area contributed by atoms with Crippen molar-refractivity contribution in [2.45, 2.75) is 18.9 Å². The minimum Gasteiger partial charge on any atom is -0.347 e. The van der Waals surface area contributed by atoms with E-state index in [-0.39, 0.29) is 24.4 Å². The normalized spacial score (nSPS) is 19.9. The van der Waals surface area contributed by atoms with E-state index < -0.39 is 0 Å². The molecule has 0 aromatic carbocycles. The lowest BCUT2D eigenvalue weighted by Crippen LogP contribution is -2.45. The van der Waals surface area contributed by atoms with Crippen molar-refractivity contribution < 1.29 is 4.79 Å². The monoisotopic (exact) mass is 280 g/mol. The van der Waals surface area contributed by atoms with E-state index in [9.17, 15) is 4.79 Å². The molecule has 6 heteroatoms. The average molecular weight is 281 g/mol. The molecule has 1 aliphatic heterocycles. The summed E-state index contributed by atoms with van der Waals surface area (Å²) in [5.74, 6) is -0.0521. The lowest BCUT2D eigenvalue weighted by molar-refractivity contribution is 0.0935. The van der Waals surface area contributed by atoms with Crippen molar-refractivity contribution in [2.75, 3.05) is 13.1 Å². The number of carbonyl (C=O) groups excluding carboxylic acids is 1. The lowest BCUT2D eigenvalue weighted by Gasteiger charge is -2.23. The van der Waals surface area contributed by atoms with Gasteiger partial charge < -0.3 is 10.6 Å². The molecule has 0 spiro atoms. The van der Waals surface area contributed by atoms with Gasteiger partial charge in [-0.05, 0) is 30.8 Å². The van der Waals surface area contributed by atoms with Gasteiger partial charge in [-0.3, -0.25) is 4.79 Å². The second-order valence-corrected chi connectivity index (χ2v) is 4.94. The molecule has 1 saturated heterocycles. The third kappa shape index (κ3) is 3.35. The van der Waals surface area contributed by atoms with E-state index in [1.807, 2.05) is 5.38 Å². The van der Waals surface area contributed by atoms with Gasteiger partial charge in [-0.15, -0.1) is 23.7 Å². The lowest BCUT2D eigenvalue weighted by atomic mass is 10.1. The van der Waals surface area contributed by atoms with E-state index in [4.69, 9.17) is 11.6 Å². The Balaban J connectivity index is 0.00000128. The molecule has 90 valence electrons. The Kier molecular flexibility index (Phi) is 5.55. The number of rotatable bonds is 2. The maximum atomic E-state index is 11.8. The molecule has 1 atom stereocenters. The largest absolute Gasteiger partial charge is 0.347 e. The molecule has 2 rings (SSSR count). The van der Waals surface area contributed by atoms with Crippen LogP contribution in [0.25, 0.3) is 0 Å². The highest BCUT2D eigenvalue weighted by Crippen LogP contribution is 2.21. The van der Waals surface area contributed by atoms with Gasteiger partial charge in [0.1, 0.15) is 4.88 Å². The van der Waals surface area contributed by atoms with Crippen molar-refractivity contribution in [3.05, 3.63) is 21.3 Å². The molecule has 0 unspecified atom stereocenters. The summed E-state index contributed by atoms with van der Waals surface area (Å²) in [6.45, 7) is 1.90. The van der Waals surface area contributed by atoms with Crippen LogP contribution in [0.15, 0.2) is 11.4 Å². The highest BCUT2D eigenvalue weighted by molar-refractivity contribution is 7.12. The summed E-state index contributed by atoms with van der Waals surface area (Å²) in [5, 5.41) is 8.61. The van der Waals surface area contributed by atoms with Gasteiger partial charge in [0.25, 0.3) is 5.91 Å². The van der Waals surface area contributed by atoms with E-state index in [1.54, 1.807) is 6.07 Å². The summed E-state index contributed by atoms with van der Waals surface area (Å²) in [6, 6.07) is 1.99. The highest BCUT2D eigenvalue weighted by Gasteiger charge is 2.18. The topological polar surface area (TPSA) is 41.1 Å². The van der Waals surface area contributed by atoms with Crippen LogP contribution < -0.4 is 10.6 Å². The van der Waals surface area contributed by atoms with Gasteiger partial charge in [0.05, 0.1) is 5.02 Å². The van der Waals surface area contributed by atoms with E-state index in [0.717, 1.165) is 25.9 Å². The molecule has 16 heavy (non-hydrogen) atoms. The van der Waals surface area contributed by atoms with Gasteiger partial charge in [0, 0.05) is 12.6 Å². The summed E-state index contributed by atoms with van der Waals surface area (Å²) < 4.78 is 0. The first-order valence-corrected chi connectivity index (χ1v) is 6.27. The average Bonchev–Trinajstić information content (AvgIpc) is 2.66. The third-order valence-corrected chi connectivity index (χ3v) is 3.80. The number of piperidine rings is 1. The second kappa shape index (κ2) is 6.45. The summed E-state index contributed by atoms with van der Waals surface area (Å²) in [5.41, 5.74) is 0. The molecule has 0 bridgehead atoms. The smallest absolute Gasteiger partial charge is 0.263 e. The molecule has 2 heterocycles. The van der Waals surface area contributed by atoms with Crippen LogP contribution in [-0.4, -0.2) is 25.0 Å². The Morgan fingerprint density at radius 2 is 2.44 bits per heavy atom. The molecule has 2 N–H and O–H groups in total. The molecule has 1 aliphatic rings. The first-order valence-electron chi connectivity index (χ1n) is 5.02. The number of carbonyl (C=O) groups is 1. The van der Waals surface area contributed by atoms with Crippen molar-refractivity contribution in [2.24, 2.45) is 0 Å². The Morgan fingerprint density at radius 1 is 1.62 bits per heavy atom. The number of amides is 1. The molecular weight excluding hydrogens is 267 g/mol. The van der Waals surface area contributed by atoms with Crippen LogP contribution in [0.2, 0.25) is 5.02 Å². The summed E-state index contributed by atoms with van der Waals surface area (Å²) in [4.78, 5) is 12.4.